The van der Waals surface area contributed by atoms with E-state index in [0.29, 0.717) is 12.1 Å². The first-order valence-corrected chi connectivity index (χ1v) is 7.15. The fourth-order valence-electron chi connectivity index (χ4n) is 1.35. The van der Waals surface area contributed by atoms with Crippen LogP contribution in [0.4, 0.5) is 0 Å². The third kappa shape index (κ3) is 4.27. The van der Waals surface area contributed by atoms with Crippen LogP contribution in [0.2, 0.25) is 0 Å². The lowest BCUT2D eigenvalue weighted by Gasteiger charge is -2.04. The Bertz CT molecular complexity index is 589. The van der Waals surface area contributed by atoms with Gasteiger partial charge in [0, 0.05) is 21.5 Å². The van der Waals surface area contributed by atoms with E-state index in [-0.39, 0.29) is 10.8 Å². The molecule has 0 atom stereocenters. The van der Waals surface area contributed by atoms with E-state index >= 15 is 0 Å². The molecule has 0 heterocycles. The van der Waals surface area contributed by atoms with Crippen molar-refractivity contribution in [1.82, 2.24) is 5.32 Å². The molecule has 0 bridgehead atoms. The molecular formula is C11H14N4O3S. The van der Waals surface area contributed by atoms with Crippen molar-refractivity contribution in [3.8, 4) is 0 Å². The first-order valence-electron chi connectivity index (χ1n) is 5.71. The molecule has 1 amide bonds. The van der Waals surface area contributed by atoms with Crippen LogP contribution < -0.4 is 5.32 Å². The summed E-state index contributed by atoms with van der Waals surface area (Å²) < 4.78 is 25.5. The molecule has 0 fully saturated rings. The number of hydrogen-bond acceptors (Lipinski definition) is 3. The Labute approximate surface area is 111 Å². The molecule has 102 valence electrons. The molecule has 0 aliphatic carbocycles. The van der Waals surface area contributed by atoms with E-state index in [9.17, 15) is 13.2 Å². The van der Waals surface area contributed by atoms with Crippen molar-refractivity contribution in [2.45, 2.75) is 24.7 Å². The van der Waals surface area contributed by atoms with Crippen molar-refractivity contribution in [3.63, 3.8) is 0 Å². The molecule has 7 nitrogen and oxygen atoms in total. The van der Waals surface area contributed by atoms with Gasteiger partial charge in [0.2, 0.25) is 0 Å². The van der Waals surface area contributed by atoms with Gasteiger partial charge in [0.05, 0.1) is 4.90 Å². The van der Waals surface area contributed by atoms with Crippen LogP contribution in [-0.4, -0.2) is 20.9 Å². The normalized spacial score (nSPS) is 10.6. The molecule has 1 N–H and O–H groups in total. The van der Waals surface area contributed by atoms with Gasteiger partial charge >= 0.3 is 0 Å². The van der Waals surface area contributed by atoms with Crippen LogP contribution >= 0.6 is 0 Å². The smallest absolute Gasteiger partial charge is 0.264 e. The fraction of sp³-hybridized carbons (Fsp3) is 0.364. The van der Waals surface area contributed by atoms with E-state index in [2.05, 4.69) is 14.7 Å². The zero-order valence-electron chi connectivity index (χ0n) is 10.4. The Morgan fingerprint density at radius 2 is 2.00 bits per heavy atom. The summed E-state index contributed by atoms with van der Waals surface area (Å²) >= 11 is 0. The van der Waals surface area contributed by atoms with Crippen molar-refractivity contribution in [2.75, 3.05) is 6.54 Å². The quantitative estimate of drug-likeness (QED) is 0.373. The van der Waals surface area contributed by atoms with Gasteiger partial charge in [-0.05, 0) is 36.2 Å². The minimum atomic E-state index is -4.00. The summed E-state index contributed by atoms with van der Waals surface area (Å²) in [4.78, 5) is 13.8. The third-order valence-corrected chi connectivity index (χ3v) is 3.53. The number of carbonyl (C=O) groups is 1. The summed E-state index contributed by atoms with van der Waals surface area (Å²) in [5.74, 6) is -0.263. The number of rotatable bonds is 6. The highest BCUT2D eigenvalue weighted by Gasteiger charge is 2.12. The number of carbonyl (C=O) groups excluding carboxylic acids is 1. The van der Waals surface area contributed by atoms with Crippen LogP contribution in [0.5, 0.6) is 0 Å². The van der Waals surface area contributed by atoms with Gasteiger partial charge in [-0.15, -0.1) is 0 Å². The van der Waals surface area contributed by atoms with Gasteiger partial charge in [0.25, 0.3) is 15.9 Å². The van der Waals surface area contributed by atoms with Crippen LogP contribution in [0.3, 0.4) is 0 Å². The average Bonchev–Trinajstić information content (AvgIpc) is 2.39. The maximum Gasteiger partial charge on any atom is 0.264 e. The number of hydrogen-bond donors (Lipinski definition) is 1. The number of azide groups is 1. The maximum atomic E-state index is 11.7. The second kappa shape index (κ2) is 6.77. The van der Waals surface area contributed by atoms with Gasteiger partial charge in [0.1, 0.15) is 0 Å². The van der Waals surface area contributed by atoms with Gasteiger partial charge < -0.3 is 5.32 Å². The number of amides is 1. The molecule has 8 heteroatoms. The van der Waals surface area contributed by atoms with Crippen LogP contribution in [-0.2, 0) is 10.0 Å². The van der Waals surface area contributed by atoms with Crippen LogP contribution in [0.15, 0.2) is 33.7 Å². The van der Waals surface area contributed by atoms with E-state index < -0.39 is 10.0 Å². The van der Waals surface area contributed by atoms with E-state index in [1.165, 1.54) is 24.3 Å². The Balaban J connectivity index is 2.82. The van der Waals surface area contributed by atoms with E-state index in [0.717, 1.165) is 12.8 Å². The summed E-state index contributed by atoms with van der Waals surface area (Å²) in [5.41, 5.74) is 8.50. The largest absolute Gasteiger partial charge is 0.352 e. The number of nitrogens with zero attached hydrogens (tertiary/aromatic N) is 3. The van der Waals surface area contributed by atoms with Crippen LogP contribution in [0, 0.1) is 0 Å². The van der Waals surface area contributed by atoms with Crippen LogP contribution in [0.1, 0.15) is 30.1 Å². The second-order valence-corrected chi connectivity index (χ2v) is 5.36. The predicted octanol–water partition coefficient (Wildman–Crippen LogP) is 2.22. The number of benzene rings is 1. The molecule has 1 aromatic carbocycles. The zero-order valence-corrected chi connectivity index (χ0v) is 11.2. The van der Waals surface area contributed by atoms with Crippen molar-refractivity contribution >= 4 is 15.9 Å². The Morgan fingerprint density at radius 3 is 2.53 bits per heavy atom. The molecular weight excluding hydrogens is 268 g/mol. The molecule has 0 aliphatic rings. The summed E-state index contributed by atoms with van der Waals surface area (Å²) in [7, 11) is -4.00. The Kier molecular flexibility index (Phi) is 5.35. The Morgan fingerprint density at radius 1 is 1.37 bits per heavy atom. The highest BCUT2D eigenvalue weighted by atomic mass is 32.2. The van der Waals surface area contributed by atoms with E-state index in [4.69, 9.17) is 5.53 Å². The molecule has 0 aromatic heterocycles. The van der Waals surface area contributed by atoms with Crippen molar-refractivity contribution in [2.24, 2.45) is 4.52 Å². The summed E-state index contributed by atoms with van der Waals surface area (Å²) in [6.07, 6.45) is 1.86. The van der Waals surface area contributed by atoms with Crippen molar-refractivity contribution in [3.05, 3.63) is 40.3 Å². The molecule has 0 unspecified atom stereocenters. The minimum Gasteiger partial charge on any atom is -0.352 e. The summed E-state index contributed by atoms with van der Waals surface area (Å²) in [6, 6.07) is 5.22. The molecule has 0 spiro atoms. The Hall–Kier alpha value is -2.05. The third-order valence-electron chi connectivity index (χ3n) is 2.37. The number of nitrogens with one attached hydrogen (secondary N) is 1. The SMILES string of the molecule is CCCCNC(=O)c1ccc(S(=O)(=O)N=[N+]=[N-])cc1. The standard InChI is InChI=1S/C11H14N4O3S/c1-2-3-8-13-11(16)9-4-6-10(7-5-9)19(17,18)15-14-12/h4-7H,2-3,8H2,1H3,(H,13,16). The van der Waals surface area contributed by atoms with Crippen molar-refractivity contribution < 1.29 is 13.2 Å². The molecule has 1 rings (SSSR count). The first-order chi connectivity index (χ1) is 9.01. The highest BCUT2D eigenvalue weighted by molar-refractivity contribution is 7.90. The lowest BCUT2D eigenvalue weighted by Crippen LogP contribution is -2.24. The minimum absolute atomic E-state index is 0.143. The van der Waals surface area contributed by atoms with Gasteiger partial charge in [-0.1, -0.05) is 13.3 Å². The fourth-order valence-corrected chi connectivity index (χ4v) is 2.02. The molecule has 1 aromatic rings. The molecule has 0 radical (unpaired) electrons. The second-order valence-electron chi connectivity index (χ2n) is 3.78. The van der Waals surface area contributed by atoms with Crippen LogP contribution in [0.25, 0.3) is 10.4 Å². The van der Waals surface area contributed by atoms with Gasteiger partial charge in [0.15, 0.2) is 0 Å². The number of unbranched alkanes of at least 4 members (excludes halogenated alkanes) is 1. The average molecular weight is 282 g/mol. The lowest BCUT2D eigenvalue weighted by atomic mass is 10.2. The first kappa shape index (κ1) is 15.0. The lowest BCUT2D eigenvalue weighted by molar-refractivity contribution is 0.0953. The van der Waals surface area contributed by atoms with Gasteiger partial charge in [-0.3, -0.25) is 4.79 Å². The van der Waals surface area contributed by atoms with E-state index in [1.807, 2.05) is 6.92 Å². The molecule has 0 saturated heterocycles. The maximum absolute atomic E-state index is 11.7. The van der Waals surface area contributed by atoms with Gasteiger partial charge in [-0.2, -0.15) is 0 Å². The molecule has 0 aliphatic heterocycles. The summed E-state index contributed by atoms with van der Waals surface area (Å²) in [5, 5.41) is 2.71. The molecule has 0 saturated carbocycles. The van der Waals surface area contributed by atoms with E-state index in [1.54, 1.807) is 0 Å². The zero-order chi connectivity index (χ0) is 14.3. The van der Waals surface area contributed by atoms with Crippen molar-refractivity contribution in [1.29, 1.82) is 0 Å². The summed E-state index contributed by atoms with van der Waals surface area (Å²) in [6.45, 7) is 2.59. The van der Waals surface area contributed by atoms with Gasteiger partial charge in [-0.25, -0.2) is 8.42 Å². The monoisotopic (exact) mass is 282 g/mol. The highest BCUT2D eigenvalue weighted by Crippen LogP contribution is 2.13. The number of sulfonamides is 1. The topological polar surface area (TPSA) is 112 Å². The predicted molar refractivity (Wildman–Crippen MR) is 70.0 cm³/mol. The molecule has 19 heavy (non-hydrogen) atoms.